The fourth-order valence-electron chi connectivity index (χ4n) is 3.66. The first-order valence-corrected chi connectivity index (χ1v) is 8.89. The molecule has 132 valence electrons. The minimum Gasteiger partial charge on any atom is -0.349 e. The Morgan fingerprint density at radius 1 is 1.12 bits per heavy atom. The molecule has 26 heavy (non-hydrogen) atoms. The van der Waals surface area contributed by atoms with Gasteiger partial charge in [0.2, 0.25) is 0 Å². The molecule has 2 aromatic heterocycles. The second-order valence-electron chi connectivity index (χ2n) is 6.96. The lowest BCUT2D eigenvalue weighted by atomic mass is 10.0. The van der Waals surface area contributed by atoms with E-state index in [4.69, 9.17) is 4.98 Å². The summed E-state index contributed by atoms with van der Waals surface area (Å²) in [5.74, 6) is 1.81. The molecule has 2 unspecified atom stereocenters. The first-order valence-electron chi connectivity index (χ1n) is 8.89. The third kappa shape index (κ3) is 3.17. The summed E-state index contributed by atoms with van der Waals surface area (Å²) in [6.07, 6.45) is 4.41. The van der Waals surface area contributed by atoms with Crippen LogP contribution >= 0.6 is 0 Å². The second-order valence-corrected chi connectivity index (χ2v) is 6.96. The predicted octanol–water partition coefficient (Wildman–Crippen LogP) is 4.57. The monoisotopic (exact) mass is 348 g/mol. The van der Waals surface area contributed by atoms with Crippen molar-refractivity contribution < 1.29 is 4.39 Å². The highest BCUT2D eigenvalue weighted by atomic mass is 19.1. The molecule has 2 atom stereocenters. The molecule has 0 saturated carbocycles. The minimum absolute atomic E-state index is 0.0118. The van der Waals surface area contributed by atoms with Gasteiger partial charge in [0.15, 0.2) is 5.82 Å². The van der Waals surface area contributed by atoms with Crippen LogP contribution in [0.1, 0.15) is 30.6 Å². The van der Waals surface area contributed by atoms with E-state index in [9.17, 15) is 4.39 Å². The van der Waals surface area contributed by atoms with Gasteiger partial charge in [-0.2, -0.15) is 0 Å². The number of hydrogen-bond acceptors (Lipinski definition) is 4. The number of aryl methyl sites for hydroxylation is 1. The molecule has 0 bridgehead atoms. The van der Waals surface area contributed by atoms with Crippen molar-refractivity contribution in [1.29, 1.82) is 0 Å². The van der Waals surface area contributed by atoms with Crippen molar-refractivity contribution in [3.05, 3.63) is 71.9 Å². The zero-order valence-corrected chi connectivity index (χ0v) is 14.9. The molecule has 1 aliphatic heterocycles. The lowest BCUT2D eigenvalue weighted by Crippen LogP contribution is -2.25. The Hall–Kier alpha value is -2.82. The molecule has 3 aromatic rings. The van der Waals surface area contributed by atoms with Crippen LogP contribution in [0.15, 0.2) is 54.9 Å². The van der Waals surface area contributed by atoms with Crippen LogP contribution in [-0.2, 0) is 0 Å². The summed E-state index contributed by atoms with van der Waals surface area (Å²) in [7, 11) is 0. The van der Waals surface area contributed by atoms with E-state index in [0.29, 0.717) is 11.7 Å². The number of aromatic nitrogens is 3. The summed E-state index contributed by atoms with van der Waals surface area (Å²) >= 11 is 0. The molecule has 1 saturated heterocycles. The first-order chi connectivity index (χ1) is 12.6. The van der Waals surface area contributed by atoms with Crippen molar-refractivity contribution in [3.8, 4) is 11.4 Å². The lowest BCUT2D eigenvalue weighted by Gasteiger charge is -2.27. The molecule has 4 nitrogen and oxygen atoms in total. The van der Waals surface area contributed by atoms with Gasteiger partial charge < -0.3 is 4.90 Å². The summed E-state index contributed by atoms with van der Waals surface area (Å²) in [5, 5.41) is 0. The molecular weight excluding hydrogens is 327 g/mol. The quantitative estimate of drug-likeness (QED) is 0.695. The van der Waals surface area contributed by atoms with Gasteiger partial charge in [-0.1, -0.05) is 25.1 Å². The topological polar surface area (TPSA) is 41.9 Å². The van der Waals surface area contributed by atoms with Gasteiger partial charge in [0.1, 0.15) is 11.6 Å². The molecule has 0 spiro atoms. The second kappa shape index (κ2) is 6.83. The van der Waals surface area contributed by atoms with Crippen LogP contribution in [0, 0.1) is 18.7 Å². The number of hydrogen-bond donors (Lipinski definition) is 0. The van der Waals surface area contributed by atoms with E-state index < -0.39 is 0 Å². The first kappa shape index (κ1) is 16.6. The summed E-state index contributed by atoms with van der Waals surface area (Å²) in [4.78, 5) is 15.7. The molecule has 4 rings (SSSR count). The third-order valence-corrected chi connectivity index (χ3v) is 4.83. The summed E-state index contributed by atoms with van der Waals surface area (Å²) < 4.78 is 14.4. The highest BCUT2D eigenvalue weighted by Gasteiger charge is 2.33. The SMILES string of the molecule is Cc1cc(N2CC(C)CC2c2ccccc2F)nc(-c2cccnc2)n1. The van der Waals surface area contributed by atoms with Crippen LogP contribution in [0.2, 0.25) is 0 Å². The number of rotatable bonds is 3. The summed E-state index contributed by atoms with van der Waals surface area (Å²) in [6, 6.07) is 12.8. The summed E-state index contributed by atoms with van der Waals surface area (Å²) in [5.41, 5.74) is 2.50. The van der Waals surface area contributed by atoms with Crippen LogP contribution in [0.4, 0.5) is 10.2 Å². The van der Waals surface area contributed by atoms with Gasteiger partial charge in [-0.25, -0.2) is 14.4 Å². The van der Waals surface area contributed by atoms with Crippen LogP contribution in [0.3, 0.4) is 0 Å². The number of pyridine rings is 1. The highest BCUT2D eigenvalue weighted by Crippen LogP contribution is 2.39. The highest BCUT2D eigenvalue weighted by molar-refractivity contribution is 5.57. The van der Waals surface area contributed by atoms with E-state index in [1.165, 1.54) is 6.07 Å². The van der Waals surface area contributed by atoms with Crippen LogP contribution in [0.25, 0.3) is 11.4 Å². The molecular formula is C21H21FN4. The minimum atomic E-state index is -0.158. The van der Waals surface area contributed by atoms with Crippen molar-refractivity contribution >= 4 is 5.82 Å². The zero-order chi connectivity index (χ0) is 18.1. The maximum absolute atomic E-state index is 14.4. The van der Waals surface area contributed by atoms with Gasteiger partial charge in [0, 0.05) is 41.8 Å². The lowest BCUT2D eigenvalue weighted by molar-refractivity contribution is 0.563. The van der Waals surface area contributed by atoms with Gasteiger partial charge in [0.25, 0.3) is 0 Å². The number of anilines is 1. The largest absolute Gasteiger partial charge is 0.349 e. The number of nitrogens with zero attached hydrogens (tertiary/aromatic N) is 4. The molecule has 5 heteroatoms. The van der Waals surface area contributed by atoms with Gasteiger partial charge in [0.05, 0.1) is 6.04 Å². The van der Waals surface area contributed by atoms with Crippen LogP contribution < -0.4 is 4.90 Å². The molecule has 3 heterocycles. The third-order valence-electron chi connectivity index (χ3n) is 4.83. The zero-order valence-electron chi connectivity index (χ0n) is 14.9. The Bertz CT molecular complexity index is 913. The van der Waals surface area contributed by atoms with Gasteiger partial charge in [-0.05, 0) is 37.5 Å². The predicted molar refractivity (Wildman–Crippen MR) is 100 cm³/mol. The Morgan fingerprint density at radius 2 is 1.96 bits per heavy atom. The molecule has 0 radical (unpaired) electrons. The van der Waals surface area contributed by atoms with Crippen LogP contribution in [0.5, 0.6) is 0 Å². The van der Waals surface area contributed by atoms with Crippen LogP contribution in [-0.4, -0.2) is 21.5 Å². The molecule has 1 aliphatic rings. The fraction of sp³-hybridized carbons (Fsp3) is 0.286. The maximum atomic E-state index is 14.4. The average molecular weight is 348 g/mol. The summed E-state index contributed by atoms with van der Waals surface area (Å²) in [6.45, 7) is 5.01. The molecule has 1 fully saturated rings. The molecule has 0 aliphatic carbocycles. The number of benzene rings is 1. The van der Waals surface area contributed by atoms with Crippen molar-refractivity contribution in [2.75, 3.05) is 11.4 Å². The van der Waals surface area contributed by atoms with Gasteiger partial charge >= 0.3 is 0 Å². The average Bonchev–Trinajstić information content (AvgIpc) is 3.04. The maximum Gasteiger partial charge on any atom is 0.163 e. The normalized spacial score (nSPS) is 19.7. The van der Waals surface area contributed by atoms with E-state index in [2.05, 4.69) is 21.8 Å². The van der Waals surface area contributed by atoms with E-state index >= 15 is 0 Å². The Morgan fingerprint density at radius 3 is 2.73 bits per heavy atom. The van der Waals surface area contributed by atoms with Crippen molar-refractivity contribution in [3.63, 3.8) is 0 Å². The van der Waals surface area contributed by atoms with E-state index in [0.717, 1.165) is 35.6 Å². The van der Waals surface area contributed by atoms with Gasteiger partial charge in [-0.3, -0.25) is 4.98 Å². The molecule has 1 aromatic carbocycles. The smallest absolute Gasteiger partial charge is 0.163 e. The van der Waals surface area contributed by atoms with Crippen molar-refractivity contribution in [1.82, 2.24) is 15.0 Å². The Balaban J connectivity index is 1.76. The Kier molecular flexibility index (Phi) is 4.37. The van der Waals surface area contributed by atoms with E-state index in [-0.39, 0.29) is 11.9 Å². The van der Waals surface area contributed by atoms with E-state index in [1.807, 2.05) is 37.3 Å². The standard InChI is InChI=1S/C21H21FN4/c1-14-10-19(17-7-3-4-8-18(17)22)26(13-14)20-11-15(2)24-21(25-20)16-6-5-9-23-12-16/h3-9,11-12,14,19H,10,13H2,1-2H3. The van der Waals surface area contributed by atoms with Crippen molar-refractivity contribution in [2.24, 2.45) is 5.92 Å². The van der Waals surface area contributed by atoms with E-state index in [1.54, 1.807) is 18.5 Å². The fourth-order valence-corrected chi connectivity index (χ4v) is 3.66. The van der Waals surface area contributed by atoms with Gasteiger partial charge in [-0.15, -0.1) is 0 Å². The molecule has 0 amide bonds. The molecule has 0 N–H and O–H groups in total. The Labute approximate surface area is 152 Å². The van der Waals surface area contributed by atoms with Crippen molar-refractivity contribution in [2.45, 2.75) is 26.3 Å². The number of halogens is 1.